The Morgan fingerprint density at radius 1 is 0.933 bits per heavy atom. The van der Waals surface area contributed by atoms with Crippen LogP contribution in [0.2, 0.25) is 0 Å². The first-order valence-electron chi connectivity index (χ1n) is 10.2. The van der Waals surface area contributed by atoms with Crippen LogP contribution >= 0.6 is 0 Å². The number of benzene rings is 3. The van der Waals surface area contributed by atoms with E-state index >= 15 is 0 Å². The average Bonchev–Trinajstić information content (AvgIpc) is 3.22. The maximum atomic E-state index is 12.4. The molecule has 0 radical (unpaired) electrons. The lowest BCUT2D eigenvalue weighted by Gasteiger charge is -2.26. The van der Waals surface area contributed by atoms with Crippen LogP contribution in [0.3, 0.4) is 0 Å². The number of hydrogen-bond acceptors (Lipinski definition) is 3. The van der Waals surface area contributed by atoms with E-state index in [-0.39, 0.29) is 5.75 Å². The molecule has 4 aromatic rings. The Bertz CT molecular complexity index is 1330. The number of fused-ring (bicyclic) bond motifs is 2. The van der Waals surface area contributed by atoms with Gasteiger partial charge < -0.3 is 0 Å². The molecule has 1 aliphatic rings. The molecule has 0 atom stereocenters. The van der Waals surface area contributed by atoms with Crippen LogP contribution in [0.5, 0.6) is 0 Å². The molecule has 0 bridgehead atoms. The van der Waals surface area contributed by atoms with E-state index in [2.05, 4.69) is 46.6 Å². The Morgan fingerprint density at radius 3 is 2.33 bits per heavy atom. The van der Waals surface area contributed by atoms with E-state index in [4.69, 9.17) is 0 Å². The summed E-state index contributed by atoms with van der Waals surface area (Å²) >= 11 is 0. The highest BCUT2D eigenvalue weighted by atomic mass is 32.2. The van der Waals surface area contributed by atoms with Gasteiger partial charge in [0, 0.05) is 36.3 Å². The molecule has 0 unspecified atom stereocenters. The fraction of sp³-hybridized carbons (Fsp3) is 0.208. The second-order valence-electron chi connectivity index (χ2n) is 7.59. The Kier molecular flexibility index (Phi) is 4.68. The quantitative estimate of drug-likeness (QED) is 0.528. The van der Waals surface area contributed by atoms with Gasteiger partial charge in [-0.1, -0.05) is 66.7 Å². The molecule has 5 rings (SSSR count). The molecule has 152 valence electrons. The first kappa shape index (κ1) is 19.0. The fourth-order valence-electron chi connectivity index (χ4n) is 4.29. The Morgan fingerprint density at radius 2 is 1.60 bits per heavy atom. The normalized spacial score (nSPS) is 14.7. The fourth-order valence-corrected chi connectivity index (χ4v) is 5.35. The van der Waals surface area contributed by atoms with Crippen molar-refractivity contribution in [3.05, 3.63) is 78.0 Å². The highest BCUT2D eigenvalue weighted by Crippen LogP contribution is 2.37. The topological polar surface area (TPSA) is 66.1 Å². The first-order valence-corrected chi connectivity index (χ1v) is 11.8. The lowest BCUT2D eigenvalue weighted by atomic mass is 9.92. The summed E-state index contributed by atoms with van der Waals surface area (Å²) in [4.78, 5) is 0. The van der Waals surface area contributed by atoms with E-state index in [1.165, 1.54) is 11.1 Å². The van der Waals surface area contributed by atoms with Gasteiger partial charge in [0.05, 0.1) is 11.4 Å². The average molecular weight is 418 g/mol. The van der Waals surface area contributed by atoms with Crippen LogP contribution in [0.25, 0.3) is 33.2 Å². The van der Waals surface area contributed by atoms with Gasteiger partial charge in [0.1, 0.15) is 0 Å². The molecule has 1 aliphatic heterocycles. The standard InChI is InChI=1S/C24H23N3O2S/c1-2-30(28,29)27-15-14-23-22(16-27)24(26-25-23)21-13-12-18(17-8-4-3-5-9-17)19-10-6-7-11-20(19)21/h3-13H,2,14-16H2,1H3,(H,25,26). The zero-order chi connectivity index (χ0) is 20.7. The van der Waals surface area contributed by atoms with Gasteiger partial charge >= 0.3 is 0 Å². The summed E-state index contributed by atoms with van der Waals surface area (Å²) < 4.78 is 26.5. The van der Waals surface area contributed by atoms with Gasteiger partial charge in [-0.25, -0.2) is 8.42 Å². The van der Waals surface area contributed by atoms with E-state index in [1.807, 2.05) is 30.3 Å². The number of nitrogens with zero attached hydrogens (tertiary/aromatic N) is 2. The predicted molar refractivity (Wildman–Crippen MR) is 121 cm³/mol. The summed E-state index contributed by atoms with van der Waals surface area (Å²) in [5, 5.41) is 10.0. The highest BCUT2D eigenvalue weighted by molar-refractivity contribution is 7.89. The van der Waals surface area contributed by atoms with Gasteiger partial charge in [-0.15, -0.1) is 0 Å². The van der Waals surface area contributed by atoms with Crippen LogP contribution in [0, 0.1) is 0 Å². The van der Waals surface area contributed by atoms with Crippen molar-refractivity contribution in [1.29, 1.82) is 0 Å². The van der Waals surface area contributed by atoms with Crippen LogP contribution in [-0.4, -0.2) is 35.2 Å². The second kappa shape index (κ2) is 7.38. The number of nitrogens with one attached hydrogen (secondary N) is 1. The summed E-state index contributed by atoms with van der Waals surface area (Å²) in [6.45, 7) is 2.56. The van der Waals surface area contributed by atoms with E-state index in [9.17, 15) is 8.42 Å². The van der Waals surface area contributed by atoms with Crippen LogP contribution in [0.4, 0.5) is 0 Å². The third kappa shape index (κ3) is 3.13. The molecule has 30 heavy (non-hydrogen) atoms. The minimum absolute atomic E-state index is 0.115. The van der Waals surface area contributed by atoms with Crippen molar-refractivity contribution in [3.63, 3.8) is 0 Å². The van der Waals surface area contributed by atoms with Gasteiger partial charge in [-0.05, 0) is 28.8 Å². The summed E-state index contributed by atoms with van der Waals surface area (Å²) in [7, 11) is -3.23. The Labute approximate surface area is 176 Å². The van der Waals surface area contributed by atoms with Crippen molar-refractivity contribution in [1.82, 2.24) is 14.5 Å². The van der Waals surface area contributed by atoms with Crippen LogP contribution in [-0.2, 0) is 23.0 Å². The summed E-state index contributed by atoms with van der Waals surface area (Å²) in [5.74, 6) is 0.115. The lowest BCUT2D eigenvalue weighted by Crippen LogP contribution is -2.36. The van der Waals surface area contributed by atoms with Crippen LogP contribution in [0.15, 0.2) is 66.7 Å². The van der Waals surface area contributed by atoms with Crippen LogP contribution in [0.1, 0.15) is 18.2 Å². The maximum absolute atomic E-state index is 12.4. The SMILES string of the molecule is CCS(=O)(=O)N1CCc2[nH]nc(-c3ccc(-c4ccccc4)c4ccccc34)c2C1. The van der Waals surface area contributed by atoms with Gasteiger partial charge in [0.2, 0.25) is 10.0 Å². The molecule has 6 heteroatoms. The highest BCUT2D eigenvalue weighted by Gasteiger charge is 2.29. The maximum Gasteiger partial charge on any atom is 0.214 e. The molecule has 0 saturated carbocycles. The van der Waals surface area contributed by atoms with Crippen molar-refractivity contribution in [2.45, 2.75) is 19.9 Å². The monoisotopic (exact) mass is 417 g/mol. The second-order valence-corrected chi connectivity index (χ2v) is 9.84. The molecule has 2 heterocycles. The zero-order valence-electron chi connectivity index (χ0n) is 16.8. The number of aromatic amines is 1. The number of sulfonamides is 1. The van der Waals surface area contributed by atoms with Crippen LogP contribution < -0.4 is 0 Å². The van der Waals surface area contributed by atoms with Gasteiger partial charge in [0.25, 0.3) is 0 Å². The smallest absolute Gasteiger partial charge is 0.214 e. The van der Waals surface area contributed by atoms with E-state index in [1.54, 1.807) is 11.2 Å². The zero-order valence-corrected chi connectivity index (χ0v) is 17.6. The van der Waals surface area contributed by atoms with Crippen molar-refractivity contribution in [2.24, 2.45) is 0 Å². The molecule has 5 nitrogen and oxygen atoms in total. The number of rotatable bonds is 4. The molecule has 0 fully saturated rings. The third-order valence-electron chi connectivity index (χ3n) is 5.92. The molecule has 0 amide bonds. The minimum atomic E-state index is -3.23. The molecular formula is C24H23N3O2S. The Balaban J connectivity index is 1.66. The van der Waals surface area contributed by atoms with Crippen molar-refractivity contribution in [2.75, 3.05) is 12.3 Å². The number of H-pyrrole nitrogens is 1. The van der Waals surface area contributed by atoms with Crippen molar-refractivity contribution in [3.8, 4) is 22.4 Å². The largest absolute Gasteiger partial charge is 0.282 e. The molecule has 1 aromatic heterocycles. The molecule has 1 N–H and O–H groups in total. The van der Waals surface area contributed by atoms with Gasteiger partial charge in [-0.3, -0.25) is 5.10 Å². The number of hydrogen-bond donors (Lipinski definition) is 1. The van der Waals surface area contributed by atoms with Crippen molar-refractivity contribution >= 4 is 20.8 Å². The third-order valence-corrected chi connectivity index (χ3v) is 7.75. The molecular weight excluding hydrogens is 394 g/mol. The summed E-state index contributed by atoms with van der Waals surface area (Å²) in [5.41, 5.74) is 6.23. The lowest BCUT2D eigenvalue weighted by molar-refractivity contribution is 0.391. The summed E-state index contributed by atoms with van der Waals surface area (Å²) in [6.07, 6.45) is 0.654. The van der Waals surface area contributed by atoms with Gasteiger partial charge in [0.15, 0.2) is 0 Å². The molecule has 0 saturated heterocycles. The van der Waals surface area contributed by atoms with E-state index in [0.717, 1.165) is 33.3 Å². The molecule has 3 aromatic carbocycles. The van der Waals surface area contributed by atoms with E-state index < -0.39 is 10.0 Å². The minimum Gasteiger partial charge on any atom is -0.282 e. The first-order chi connectivity index (χ1) is 14.6. The van der Waals surface area contributed by atoms with Crippen molar-refractivity contribution < 1.29 is 8.42 Å². The number of aromatic nitrogens is 2. The molecule has 0 aliphatic carbocycles. The molecule has 0 spiro atoms. The van der Waals surface area contributed by atoms with Gasteiger partial charge in [-0.2, -0.15) is 9.40 Å². The summed E-state index contributed by atoms with van der Waals surface area (Å²) in [6, 6.07) is 22.9. The predicted octanol–water partition coefficient (Wildman–Crippen LogP) is 4.60. The van der Waals surface area contributed by atoms with E-state index in [0.29, 0.717) is 19.5 Å². The Hall–Kier alpha value is -2.96.